The van der Waals surface area contributed by atoms with Gasteiger partial charge in [0.15, 0.2) is 11.6 Å². The molecule has 6 rings (SSSR count). The number of hydrogen-bond acceptors (Lipinski definition) is 7. The molecule has 4 atom stereocenters. The van der Waals surface area contributed by atoms with Crippen molar-refractivity contribution in [2.75, 3.05) is 19.1 Å². The van der Waals surface area contributed by atoms with E-state index in [1.54, 1.807) is 24.3 Å². The molecule has 2 aromatic carbocycles. The van der Waals surface area contributed by atoms with E-state index in [0.717, 1.165) is 5.56 Å². The van der Waals surface area contributed by atoms with Gasteiger partial charge in [-0.1, -0.05) is 29.3 Å². The van der Waals surface area contributed by atoms with Crippen LogP contribution in [0.3, 0.4) is 0 Å². The zero-order chi connectivity index (χ0) is 29.3. The van der Waals surface area contributed by atoms with Crippen LogP contribution in [0.15, 0.2) is 63.7 Å². The van der Waals surface area contributed by atoms with Gasteiger partial charge in [-0.25, -0.2) is 4.90 Å². The Labute approximate surface area is 249 Å². The average Bonchev–Trinajstić information content (AvgIpc) is 3.21. The number of carbonyl (C=O) groups is 4. The van der Waals surface area contributed by atoms with E-state index in [2.05, 4.69) is 15.9 Å². The summed E-state index contributed by atoms with van der Waals surface area (Å²) in [4.78, 5) is 55.8. The van der Waals surface area contributed by atoms with Crippen LogP contribution in [0, 0.1) is 24.7 Å². The molecular formula is C31H25BrClNO7. The number of anilines is 1. The number of halogens is 2. The maximum Gasteiger partial charge on any atom is 0.238 e. The van der Waals surface area contributed by atoms with Gasteiger partial charge in [0.05, 0.1) is 36.2 Å². The van der Waals surface area contributed by atoms with Gasteiger partial charge in [0.25, 0.3) is 0 Å². The fourth-order valence-electron chi connectivity index (χ4n) is 6.68. The van der Waals surface area contributed by atoms with E-state index in [9.17, 15) is 24.3 Å². The Bertz CT molecular complexity index is 1670. The van der Waals surface area contributed by atoms with Crippen molar-refractivity contribution < 1.29 is 33.8 Å². The maximum absolute atomic E-state index is 14.0. The Morgan fingerprint density at radius 1 is 1.02 bits per heavy atom. The molecule has 1 heterocycles. The minimum absolute atomic E-state index is 0.104. The molecular weight excluding hydrogens is 614 g/mol. The van der Waals surface area contributed by atoms with Gasteiger partial charge in [-0.3, -0.25) is 19.2 Å². The summed E-state index contributed by atoms with van der Waals surface area (Å²) in [5.74, 6) is -3.86. The Morgan fingerprint density at radius 3 is 2.46 bits per heavy atom. The van der Waals surface area contributed by atoms with Gasteiger partial charge >= 0.3 is 0 Å². The van der Waals surface area contributed by atoms with Crippen molar-refractivity contribution in [1.29, 1.82) is 0 Å². The topological polar surface area (TPSA) is 110 Å². The van der Waals surface area contributed by atoms with E-state index in [4.69, 9.17) is 21.1 Å². The molecule has 4 aliphatic rings. The van der Waals surface area contributed by atoms with Crippen LogP contribution in [0.1, 0.15) is 29.9 Å². The maximum atomic E-state index is 14.0. The second-order valence-corrected chi connectivity index (χ2v) is 11.9. The molecule has 1 saturated heterocycles. The van der Waals surface area contributed by atoms with E-state index in [-0.39, 0.29) is 63.4 Å². The number of rotatable bonds is 4. The third-order valence-corrected chi connectivity index (χ3v) is 9.58. The van der Waals surface area contributed by atoms with Crippen LogP contribution in [0.2, 0.25) is 5.02 Å². The number of hydrogen-bond donors (Lipinski definition) is 1. The van der Waals surface area contributed by atoms with Crippen molar-refractivity contribution in [3.63, 3.8) is 0 Å². The van der Waals surface area contributed by atoms with Crippen LogP contribution in [0.4, 0.5) is 5.69 Å². The quantitative estimate of drug-likeness (QED) is 0.274. The third kappa shape index (κ3) is 4.08. The first-order valence-corrected chi connectivity index (χ1v) is 14.2. The lowest BCUT2D eigenvalue weighted by Crippen LogP contribution is -2.39. The molecule has 3 aliphatic carbocycles. The molecule has 1 N–H and O–H groups in total. The Hall–Kier alpha value is -3.69. The molecule has 1 aliphatic heterocycles. The van der Waals surface area contributed by atoms with E-state index >= 15 is 0 Å². The zero-order valence-corrected chi connectivity index (χ0v) is 24.7. The number of fused-ring (bicyclic) bond motifs is 3. The number of ketones is 2. The van der Waals surface area contributed by atoms with Gasteiger partial charge in [0, 0.05) is 45.9 Å². The van der Waals surface area contributed by atoms with Crippen LogP contribution >= 0.6 is 27.5 Å². The largest absolute Gasteiger partial charge is 0.507 e. The van der Waals surface area contributed by atoms with Crippen LogP contribution < -0.4 is 14.4 Å². The molecule has 8 nitrogen and oxygen atoms in total. The lowest BCUT2D eigenvalue weighted by atomic mass is 9.59. The van der Waals surface area contributed by atoms with Crippen LogP contribution in [-0.4, -0.2) is 42.7 Å². The fraction of sp³-hybridized carbons (Fsp3) is 0.290. The third-order valence-electron chi connectivity index (χ3n) is 8.58. The number of phenols is 1. The lowest BCUT2D eigenvalue weighted by Gasteiger charge is -2.42. The molecule has 2 amide bonds. The molecule has 210 valence electrons. The Morgan fingerprint density at radius 2 is 1.78 bits per heavy atom. The van der Waals surface area contributed by atoms with Crippen molar-refractivity contribution in [2.45, 2.75) is 25.7 Å². The van der Waals surface area contributed by atoms with Crippen molar-refractivity contribution in [1.82, 2.24) is 0 Å². The first-order valence-electron chi connectivity index (χ1n) is 13.0. The predicted molar refractivity (Wildman–Crippen MR) is 154 cm³/mol. The molecule has 0 unspecified atom stereocenters. The van der Waals surface area contributed by atoms with E-state index < -0.39 is 23.7 Å². The first-order chi connectivity index (χ1) is 19.6. The number of methoxy groups -OCH3 is 2. The second kappa shape index (κ2) is 9.99. The van der Waals surface area contributed by atoms with Crippen LogP contribution in [0.5, 0.6) is 17.2 Å². The van der Waals surface area contributed by atoms with E-state index in [1.165, 1.54) is 31.3 Å². The number of Topliss-reactive ketones (excluding diaryl/α,β-unsaturated/α-hetero) is 1. The highest BCUT2D eigenvalue weighted by atomic mass is 79.9. The number of allylic oxidation sites excluding steroid dienone is 6. The number of phenolic OH excluding ortho intramolecular Hbond substituents is 1. The summed E-state index contributed by atoms with van der Waals surface area (Å²) < 4.78 is 11.1. The second-order valence-electron chi connectivity index (χ2n) is 10.6. The number of amides is 2. The molecule has 0 spiro atoms. The van der Waals surface area contributed by atoms with Crippen molar-refractivity contribution >= 4 is 56.6 Å². The molecule has 0 saturated carbocycles. The van der Waals surface area contributed by atoms with Crippen LogP contribution in [0.25, 0.3) is 0 Å². The average molecular weight is 639 g/mol. The summed E-state index contributed by atoms with van der Waals surface area (Å²) in [5, 5.41) is 11.7. The first kappa shape index (κ1) is 27.5. The monoisotopic (exact) mass is 637 g/mol. The van der Waals surface area contributed by atoms with Gasteiger partial charge in [-0.15, -0.1) is 0 Å². The zero-order valence-electron chi connectivity index (χ0n) is 22.4. The highest BCUT2D eigenvalue weighted by molar-refractivity contribution is 9.12. The number of nitrogens with zero attached hydrogens (tertiary/aromatic N) is 1. The lowest BCUT2D eigenvalue weighted by molar-refractivity contribution is -0.123. The van der Waals surface area contributed by atoms with E-state index in [1.807, 2.05) is 13.0 Å². The number of ether oxygens (including phenoxy) is 2. The van der Waals surface area contributed by atoms with Crippen molar-refractivity contribution in [3.8, 4) is 17.2 Å². The summed E-state index contributed by atoms with van der Waals surface area (Å²) in [5.41, 5.74) is 2.69. The van der Waals surface area contributed by atoms with E-state index in [0.29, 0.717) is 27.6 Å². The Kier molecular flexibility index (Phi) is 6.70. The minimum atomic E-state index is -0.871. The molecule has 2 aromatic rings. The summed E-state index contributed by atoms with van der Waals surface area (Å²) in [6.07, 6.45) is 3.48. The number of imide groups is 1. The summed E-state index contributed by atoms with van der Waals surface area (Å²) >= 11 is 9.56. The normalized spacial score (nSPS) is 25.4. The SMILES string of the molecule is COc1cc(O)c([C@H]2C3=CC[C@@H]4C(=O)N(c5ccc(C)c(Cl)c5)C(=O)[C@@H]4[C@@H]3CC3=C2C(=O)C=C(Br)C3=O)c(OC)c1. The summed E-state index contributed by atoms with van der Waals surface area (Å²) in [6.45, 7) is 1.83. The number of aryl methyl sites for hydroxylation is 1. The van der Waals surface area contributed by atoms with Crippen molar-refractivity contribution in [3.05, 3.63) is 79.8 Å². The molecule has 0 bridgehead atoms. The summed E-state index contributed by atoms with van der Waals surface area (Å²) in [7, 11) is 2.89. The minimum Gasteiger partial charge on any atom is -0.507 e. The standard InChI is InChI=1S/C31H25BrClNO7/c1-13-4-5-14(8-21(13)33)34-30(38)17-7-6-16-18(25(17)31(34)39)11-19-26(23(36)12-20(32)29(19)37)27(16)28-22(35)9-15(40-2)10-24(28)41-3/h4-6,8-10,12,17-18,25,27,35H,7,11H2,1-3H3/t17-,18+,25-,27-/m0/s1. The van der Waals surface area contributed by atoms with Gasteiger partial charge in [0.2, 0.25) is 11.8 Å². The molecule has 10 heteroatoms. The van der Waals surface area contributed by atoms with Gasteiger partial charge in [0.1, 0.15) is 17.2 Å². The highest BCUT2D eigenvalue weighted by Crippen LogP contribution is 2.58. The number of carbonyl (C=O) groups excluding carboxylic acids is 4. The van der Waals surface area contributed by atoms with Crippen molar-refractivity contribution in [2.24, 2.45) is 17.8 Å². The number of benzene rings is 2. The number of aromatic hydroxyl groups is 1. The smallest absolute Gasteiger partial charge is 0.238 e. The fourth-order valence-corrected chi connectivity index (χ4v) is 7.30. The molecule has 1 fully saturated rings. The van der Waals surface area contributed by atoms with Gasteiger partial charge in [-0.2, -0.15) is 0 Å². The molecule has 0 aromatic heterocycles. The highest BCUT2D eigenvalue weighted by Gasteiger charge is 2.57. The Balaban J connectivity index is 1.52. The van der Waals surface area contributed by atoms with Crippen LogP contribution in [-0.2, 0) is 19.2 Å². The van der Waals surface area contributed by atoms with Gasteiger partial charge < -0.3 is 14.6 Å². The predicted octanol–water partition coefficient (Wildman–Crippen LogP) is 5.34. The summed E-state index contributed by atoms with van der Waals surface area (Å²) in [6, 6.07) is 8.07. The molecule has 0 radical (unpaired) electrons. The molecule has 41 heavy (non-hydrogen) atoms. The van der Waals surface area contributed by atoms with Gasteiger partial charge in [-0.05, 0) is 59.3 Å².